The molecule has 100 valence electrons. The highest BCUT2D eigenvalue weighted by molar-refractivity contribution is 9.10. The fourth-order valence-electron chi connectivity index (χ4n) is 1.33. The zero-order chi connectivity index (χ0) is 14.1. The van der Waals surface area contributed by atoms with Gasteiger partial charge in [-0.2, -0.15) is 0 Å². The second-order valence-electron chi connectivity index (χ2n) is 5.10. The fraction of sp³-hybridized carbons (Fsp3) is 0.462. The Balaban J connectivity index is 3.19. The van der Waals surface area contributed by atoms with Gasteiger partial charge in [0.25, 0.3) is 0 Å². The third kappa shape index (κ3) is 3.80. The van der Waals surface area contributed by atoms with Gasteiger partial charge >= 0.3 is 0 Å². The minimum atomic E-state index is -1.34. The Morgan fingerprint density at radius 2 is 1.94 bits per heavy atom. The van der Waals surface area contributed by atoms with Crippen molar-refractivity contribution < 1.29 is 8.94 Å². The van der Waals surface area contributed by atoms with E-state index in [1.54, 1.807) is 6.92 Å². The molecule has 1 unspecified atom stereocenters. The van der Waals surface area contributed by atoms with E-state index in [0.29, 0.717) is 15.7 Å². The molecule has 0 amide bonds. The van der Waals surface area contributed by atoms with Crippen molar-refractivity contribution in [2.75, 3.05) is 0 Å². The van der Waals surface area contributed by atoms with Crippen LogP contribution in [0, 0.1) is 12.7 Å². The fourth-order valence-corrected chi connectivity index (χ4v) is 2.39. The number of rotatable bonds is 2. The van der Waals surface area contributed by atoms with Crippen LogP contribution in [-0.2, 0) is 11.4 Å². The number of hydrogen-bond acceptors (Lipinski definition) is 2. The van der Waals surface area contributed by atoms with Gasteiger partial charge < -0.3 is 4.55 Å². The average Bonchev–Trinajstić information content (AvgIpc) is 2.21. The van der Waals surface area contributed by atoms with Gasteiger partial charge in [-0.25, -0.2) is 4.39 Å². The van der Waals surface area contributed by atoms with E-state index in [-0.39, 0.29) is 5.82 Å². The van der Waals surface area contributed by atoms with Gasteiger partial charge in [0.2, 0.25) is 0 Å². The maximum Gasteiger partial charge on any atom is 0.144 e. The van der Waals surface area contributed by atoms with E-state index in [0.717, 1.165) is 5.56 Å². The zero-order valence-corrected chi connectivity index (χ0v) is 13.6. The first-order chi connectivity index (χ1) is 8.12. The molecular weight excluding hydrogens is 317 g/mol. The van der Waals surface area contributed by atoms with E-state index in [1.165, 1.54) is 12.1 Å². The summed E-state index contributed by atoms with van der Waals surface area (Å²) in [6, 6.07) is 2.83. The molecule has 0 radical (unpaired) electrons. The van der Waals surface area contributed by atoms with Crippen molar-refractivity contribution in [3.05, 3.63) is 33.5 Å². The van der Waals surface area contributed by atoms with Crippen LogP contribution in [0.3, 0.4) is 0 Å². The van der Waals surface area contributed by atoms with Crippen LogP contribution < -0.4 is 0 Å². The first-order valence-electron chi connectivity index (χ1n) is 5.56. The van der Waals surface area contributed by atoms with Crippen LogP contribution in [0.25, 0.3) is 0 Å². The lowest BCUT2D eigenvalue weighted by atomic mass is 10.1. The van der Waals surface area contributed by atoms with Crippen LogP contribution in [0.5, 0.6) is 0 Å². The molecule has 1 rings (SSSR count). The van der Waals surface area contributed by atoms with Crippen molar-refractivity contribution >= 4 is 33.0 Å². The molecule has 0 N–H and O–H groups in total. The molecule has 0 spiro atoms. The lowest BCUT2D eigenvalue weighted by Crippen LogP contribution is -2.26. The van der Waals surface area contributed by atoms with Gasteiger partial charge in [-0.1, -0.05) is 20.3 Å². The summed E-state index contributed by atoms with van der Waals surface area (Å²) in [5.74, 6) is -0.335. The van der Waals surface area contributed by atoms with Crippen molar-refractivity contribution in [1.82, 2.24) is 0 Å². The van der Waals surface area contributed by atoms with E-state index in [1.807, 2.05) is 27.7 Å². The molecule has 1 aromatic rings. The van der Waals surface area contributed by atoms with E-state index >= 15 is 0 Å². The SMILES string of the molecule is C/C(=N/[S+]([O-])C(C)(C)C)c1cc(F)cc(Br)c1C. The third-order valence-electron chi connectivity index (χ3n) is 2.44. The lowest BCUT2D eigenvalue weighted by Gasteiger charge is -2.19. The van der Waals surface area contributed by atoms with Crippen molar-refractivity contribution in [3.63, 3.8) is 0 Å². The minimum Gasteiger partial charge on any atom is -0.591 e. The Kier molecular flexibility index (Phi) is 4.98. The summed E-state index contributed by atoms with van der Waals surface area (Å²) < 4.78 is 29.8. The summed E-state index contributed by atoms with van der Waals surface area (Å²) >= 11 is 1.96. The molecule has 0 aliphatic carbocycles. The molecule has 0 bridgehead atoms. The van der Waals surface area contributed by atoms with Gasteiger partial charge in [0.1, 0.15) is 21.9 Å². The molecule has 18 heavy (non-hydrogen) atoms. The summed E-state index contributed by atoms with van der Waals surface area (Å²) in [6.45, 7) is 9.19. The molecule has 0 aromatic heterocycles. The smallest absolute Gasteiger partial charge is 0.144 e. The lowest BCUT2D eigenvalue weighted by molar-refractivity contribution is 0.561. The molecule has 0 saturated carbocycles. The van der Waals surface area contributed by atoms with Crippen LogP contribution >= 0.6 is 15.9 Å². The van der Waals surface area contributed by atoms with Crippen LogP contribution in [0.4, 0.5) is 4.39 Å². The van der Waals surface area contributed by atoms with Crippen LogP contribution in [0.2, 0.25) is 0 Å². The highest BCUT2D eigenvalue weighted by atomic mass is 79.9. The van der Waals surface area contributed by atoms with Gasteiger partial charge in [0.05, 0.1) is 5.71 Å². The summed E-state index contributed by atoms with van der Waals surface area (Å²) in [7, 11) is 0. The predicted molar refractivity (Wildman–Crippen MR) is 78.9 cm³/mol. The summed E-state index contributed by atoms with van der Waals surface area (Å²) in [6.07, 6.45) is 0. The van der Waals surface area contributed by atoms with E-state index in [9.17, 15) is 8.94 Å². The maximum atomic E-state index is 13.4. The Labute approximate surface area is 119 Å². The second kappa shape index (κ2) is 5.72. The average molecular weight is 334 g/mol. The van der Waals surface area contributed by atoms with Gasteiger partial charge in [-0.15, -0.1) is 0 Å². The molecule has 0 heterocycles. The highest BCUT2D eigenvalue weighted by Crippen LogP contribution is 2.24. The molecule has 1 aromatic carbocycles. The number of halogens is 2. The van der Waals surface area contributed by atoms with Crippen molar-refractivity contribution in [2.45, 2.75) is 39.4 Å². The molecule has 2 nitrogen and oxygen atoms in total. The van der Waals surface area contributed by atoms with Gasteiger partial charge in [-0.05, 0) is 52.3 Å². The molecule has 5 heteroatoms. The zero-order valence-electron chi connectivity index (χ0n) is 11.2. The standard InChI is InChI=1S/C13H17BrFNOS/c1-8-11(6-10(15)7-12(8)14)9(2)16-18(17)13(3,4)5/h6-7H,1-5H3/b16-9-. The van der Waals surface area contributed by atoms with E-state index in [4.69, 9.17) is 0 Å². The second-order valence-corrected chi connectivity index (χ2v) is 7.86. The monoisotopic (exact) mass is 333 g/mol. The summed E-state index contributed by atoms with van der Waals surface area (Å²) in [5, 5.41) is 0. The van der Waals surface area contributed by atoms with Gasteiger partial charge in [0.15, 0.2) is 0 Å². The van der Waals surface area contributed by atoms with Gasteiger partial charge in [0, 0.05) is 10.0 Å². The molecular formula is C13H17BrFNOS. The molecule has 0 saturated heterocycles. The first kappa shape index (κ1) is 15.7. The van der Waals surface area contributed by atoms with Crippen LogP contribution in [0.15, 0.2) is 21.0 Å². The van der Waals surface area contributed by atoms with E-state index < -0.39 is 16.1 Å². The highest BCUT2D eigenvalue weighted by Gasteiger charge is 2.27. The number of nitrogens with zero attached hydrogens (tertiary/aromatic N) is 1. The molecule has 0 aliphatic rings. The maximum absolute atomic E-state index is 13.4. The largest absolute Gasteiger partial charge is 0.591 e. The van der Waals surface area contributed by atoms with Crippen molar-refractivity contribution in [2.24, 2.45) is 4.40 Å². The molecule has 0 aliphatic heterocycles. The van der Waals surface area contributed by atoms with Gasteiger partial charge in [-0.3, -0.25) is 0 Å². The quantitative estimate of drug-likeness (QED) is 0.591. The van der Waals surface area contributed by atoms with Crippen LogP contribution in [-0.4, -0.2) is 15.0 Å². The predicted octanol–water partition coefficient (Wildman–Crippen LogP) is 4.17. The third-order valence-corrected chi connectivity index (χ3v) is 4.75. The molecule has 0 fully saturated rings. The number of hydrogen-bond donors (Lipinski definition) is 0. The summed E-state index contributed by atoms with van der Waals surface area (Å²) in [5.41, 5.74) is 2.16. The van der Waals surface area contributed by atoms with Crippen molar-refractivity contribution in [1.29, 1.82) is 0 Å². The normalized spacial score (nSPS) is 14.8. The van der Waals surface area contributed by atoms with Crippen molar-refractivity contribution in [3.8, 4) is 0 Å². The summed E-state index contributed by atoms with van der Waals surface area (Å²) in [4.78, 5) is 0. The Bertz CT molecular complexity index is 483. The van der Waals surface area contributed by atoms with E-state index in [2.05, 4.69) is 20.3 Å². The Morgan fingerprint density at radius 1 is 1.39 bits per heavy atom. The number of benzene rings is 1. The molecule has 1 atom stereocenters. The topological polar surface area (TPSA) is 35.4 Å². The first-order valence-corrected chi connectivity index (χ1v) is 7.46. The minimum absolute atomic E-state index is 0.335. The van der Waals surface area contributed by atoms with Crippen LogP contribution in [0.1, 0.15) is 38.8 Å². The Hall–Kier alpha value is -0.390. The Morgan fingerprint density at radius 3 is 2.44 bits per heavy atom.